The van der Waals surface area contributed by atoms with E-state index in [1.807, 2.05) is 34.5 Å². The predicted octanol–water partition coefficient (Wildman–Crippen LogP) is 4.36. The Morgan fingerprint density at radius 2 is 1.96 bits per heavy atom. The van der Waals surface area contributed by atoms with E-state index in [1.54, 1.807) is 17.5 Å². The maximum Gasteiger partial charge on any atom is 0.265 e. The molecule has 27 heavy (non-hydrogen) atoms. The van der Waals surface area contributed by atoms with Crippen molar-refractivity contribution in [3.63, 3.8) is 0 Å². The molecule has 1 fully saturated rings. The van der Waals surface area contributed by atoms with Gasteiger partial charge in [-0.3, -0.25) is 9.69 Å². The largest absolute Gasteiger partial charge is 0.337 e. The number of thiophene rings is 1. The highest BCUT2D eigenvalue weighted by atomic mass is 32.1. The van der Waals surface area contributed by atoms with Crippen LogP contribution in [0.5, 0.6) is 0 Å². The summed E-state index contributed by atoms with van der Waals surface area (Å²) in [7, 11) is 0. The van der Waals surface area contributed by atoms with Gasteiger partial charge in [0.05, 0.1) is 11.1 Å². The van der Waals surface area contributed by atoms with E-state index in [4.69, 9.17) is 0 Å². The van der Waals surface area contributed by atoms with Crippen LogP contribution in [0.1, 0.15) is 21.7 Å². The molecule has 0 saturated carbocycles. The number of nitrogens with zero attached hydrogens (tertiary/aromatic N) is 3. The number of benzene rings is 1. The summed E-state index contributed by atoms with van der Waals surface area (Å²) in [5.74, 6) is -0.142. The number of carbonyl (C=O) groups excluding carboxylic acids is 1. The summed E-state index contributed by atoms with van der Waals surface area (Å²) in [6, 6.07) is 10.7. The second-order valence-corrected chi connectivity index (χ2v) is 8.53. The summed E-state index contributed by atoms with van der Waals surface area (Å²) < 4.78 is 13.1. The van der Waals surface area contributed by atoms with Crippen molar-refractivity contribution in [2.75, 3.05) is 26.2 Å². The molecule has 0 aliphatic carbocycles. The Kier molecular flexibility index (Phi) is 5.61. The Labute approximate surface area is 165 Å². The van der Waals surface area contributed by atoms with Crippen LogP contribution in [0.25, 0.3) is 9.88 Å². The predicted molar refractivity (Wildman–Crippen MR) is 108 cm³/mol. The van der Waals surface area contributed by atoms with Crippen LogP contribution < -0.4 is 0 Å². The van der Waals surface area contributed by atoms with Crippen LogP contribution in [0.4, 0.5) is 4.39 Å². The van der Waals surface area contributed by atoms with Crippen molar-refractivity contribution in [2.45, 2.75) is 13.0 Å². The summed E-state index contributed by atoms with van der Waals surface area (Å²) >= 11 is 3.10. The Bertz CT molecular complexity index is 892. The molecular weight excluding hydrogens is 381 g/mol. The Morgan fingerprint density at radius 1 is 1.11 bits per heavy atom. The molecule has 3 heterocycles. The van der Waals surface area contributed by atoms with Crippen LogP contribution in [0.2, 0.25) is 0 Å². The molecule has 0 atom stereocenters. The zero-order valence-electron chi connectivity index (χ0n) is 14.8. The van der Waals surface area contributed by atoms with Gasteiger partial charge in [0.15, 0.2) is 0 Å². The molecule has 1 saturated heterocycles. The molecule has 0 bridgehead atoms. The van der Waals surface area contributed by atoms with Gasteiger partial charge in [-0.2, -0.15) is 0 Å². The molecule has 0 spiro atoms. The molecule has 3 aromatic rings. The zero-order chi connectivity index (χ0) is 18.6. The zero-order valence-corrected chi connectivity index (χ0v) is 16.4. The minimum Gasteiger partial charge on any atom is -0.337 e. The molecule has 140 valence electrons. The average molecular weight is 402 g/mol. The number of rotatable bonds is 4. The molecule has 7 heteroatoms. The number of aromatic nitrogens is 1. The van der Waals surface area contributed by atoms with E-state index in [0.717, 1.165) is 48.0 Å². The minimum atomic E-state index is -0.210. The summed E-state index contributed by atoms with van der Waals surface area (Å²) in [5.41, 5.74) is 1.10. The first-order valence-corrected chi connectivity index (χ1v) is 10.6. The van der Waals surface area contributed by atoms with E-state index >= 15 is 0 Å². The maximum absolute atomic E-state index is 13.1. The first kappa shape index (κ1) is 18.3. The van der Waals surface area contributed by atoms with Gasteiger partial charge in [-0.25, -0.2) is 9.37 Å². The monoisotopic (exact) mass is 401 g/mol. The second kappa shape index (κ2) is 8.29. The maximum atomic E-state index is 13.1. The van der Waals surface area contributed by atoms with Gasteiger partial charge in [-0.15, -0.1) is 22.7 Å². The van der Waals surface area contributed by atoms with Crippen LogP contribution in [-0.2, 0) is 6.54 Å². The molecule has 1 aliphatic heterocycles. The van der Waals surface area contributed by atoms with Crippen LogP contribution in [0.3, 0.4) is 0 Å². The van der Waals surface area contributed by atoms with E-state index in [0.29, 0.717) is 11.4 Å². The number of hydrogen-bond donors (Lipinski definition) is 0. The minimum absolute atomic E-state index is 0.0685. The quantitative estimate of drug-likeness (QED) is 0.652. The van der Waals surface area contributed by atoms with Crippen molar-refractivity contribution in [2.24, 2.45) is 0 Å². The van der Waals surface area contributed by atoms with Gasteiger partial charge in [0.1, 0.15) is 15.7 Å². The number of carbonyl (C=O) groups is 1. The molecular formula is C20H20FN3OS2. The Hall–Kier alpha value is -2.09. The van der Waals surface area contributed by atoms with Crippen molar-refractivity contribution >= 4 is 28.6 Å². The topological polar surface area (TPSA) is 36.4 Å². The van der Waals surface area contributed by atoms with Gasteiger partial charge >= 0.3 is 0 Å². The highest BCUT2D eigenvalue weighted by molar-refractivity contribution is 7.21. The normalized spacial score (nSPS) is 15.7. The number of thiazole rings is 1. The molecule has 2 aromatic heterocycles. The lowest BCUT2D eigenvalue weighted by Gasteiger charge is -2.21. The number of amides is 1. The molecule has 0 N–H and O–H groups in total. The van der Waals surface area contributed by atoms with Crippen molar-refractivity contribution in [1.29, 1.82) is 0 Å². The van der Waals surface area contributed by atoms with E-state index in [2.05, 4.69) is 9.88 Å². The fourth-order valence-corrected chi connectivity index (χ4v) is 4.91. The van der Waals surface area contributed by atoms with Crippen molar-refractivity contribution in [1.82, 2.24) is 14.8 Å². The third-order valence-electron chi connectivity index (χ3n) is 4.64. The number of hydrogen-bond acceptors (Lipinski definition) is 5. The second-order valence-electron chi connectivity index (χ2n) is 6.56. The lowest BCUT2D eigenvalue weighted by atomic mass is 10.2. The Morgan fingerprint density at radius 3 is 2.74 bits per heavy atom. The summed E-state index contributed by atoms with van der Waals surface area (Å²) in [4.78, 5) is 23.3. The third kappa shape index (κ3) is 4.43. The molecule has 1 amide bonds. The summed E-state index contributed by atoms with van der Waals surface area (Å²) in [5, 5.41) is 2.92. The Balaban J connectivity index is 1.37. The molecule has 4 rings (SSSR count). The van der Waals surface area contributed by atoms with Crippen LogP contribution in [0.15, 0.2) is 48.0 Å². The van der Waals surface area contributed by atoms with Crippen LogP contribution in [0, 0.1) is 5.82 Å². The van der Waals surface area contributed by atoms with Gasteiger partial charge < -0.3 is 4.90 Å². The van der Waals surface area contributed by atoms with E-state index in [1.165, 1.54) is 23.5 Å². The highest BCUT2D eigenvalue weighted by Gasteiger charge is 2.22. The lowest BCUT2D eigenvalue weighted by molar-refractivity contribution is 0.0765. The SMILES string of the molecule is O=C(c1cnc(-c2cccs2)s1)N1CCCN(Cc2ccc(F)cc2)CC1. The molecule has 0 radical (unpaired) electrons. The van der Waals surface area contributed by atoms with Crippen molar-refractivity contribution in [3.8, 4) is 9.88 Å². The molecule has 1 aromatic carbocycles. The average Bonchev–Trinajstić information content (AvgIpc) is 3.32. The summed E-state index contributed by atoms with van der Waals surface area (Å²) in [6.45, 7) is 3.99. The van der Waals surface area contributed by atoms with Gasteiger partial charge in [-0.05, 0) is 35.6 Å². The van der Waals surface area contributed by atoms with Crippen LogP contribution >= 0.6 is 22.7 Å². The summed E-state index contributed by atoms with van der Waals surface area (Å²) in [6.07, 6.45) is 2.63. The number of halogens is 1. The van der Waals surface area contributed by atoms with Gasteiger partial charge in [0, 0.05) is 32.7 Å². The standard InChI is InChI=1S/C20H20FN3OS2/c21-16-6-4-15(5-7-16)14-23-8-2-9-24(11-10-23)20(25)18-13-22-19(27-18)17-3-1-12-26-17/h1,3-7,12-13H,2,8-11,14H2. The highest BCUT2D eigenvalue weighted by Crippen LogP contribution is 2.29. The van der Waals surface area contributed by atoms with Crippen molar-refractivity contribution in [3.05, 3.63) is 64.2 Å². The van der Waals surface area contributed by atoms with E-state index < -0.39 is 0 Å². The first-order valence-electron chi connectivity index (χ1n) is 8.95. The third-order valence-corrected chi connectivity index (χ3v) is 6.67. The fourth-order valence-electron chi connectivity index (χ4n) is 3.22. The molecule has 1 aliphatic rings. The first-order chi connectivity index (χ1) is 13.2. The smallest absolute Gasteiger partial charge is 0.265 e. The molecule has 0 unspecified atom stereocenters. The van der Waals surface area contributed by atoms with Gasteiger partial charge in [0.25, 0.3) is 5.91 Å². The fraction of sp³-hybridized carbons (Fsp3) is 0.300. The molecule has 4 nitrogen and oxygen atoms in total. The van der Waals surface area contributed by atoms with Crippen molar-refractivity contribution < 1.29 is 9.18 Å². The van der Waals surface area contributed by atoms with E-state index in [9.17, 15) is 9.18 Å². The van der Waals surface area contributed by atoms with Gasteiger partial charge in [-0.1, -0.05) is 18.2 Å². The van der Waals surface area contributed by atoms with Crippen LogP contribution in [-0.4, -0.2) is 46.9 Å². The van der Waals surface area contributed by atoms with E-state index in [-0.39, 0.29) is 11.7 Å². The van der Waals surface area contributed by atoms with Gasteiger partial charge in [0.2, 0.25) is 0 Å². The lowest BCUT2D eigenvalue weighted by Crippen LogP contribution is -2.34.